The molecule has 9 heteroatoms. The number of carbonyl (C=O) groups is 2. The predicted molar refractivity (Wildman–Crippen MR) is 113 cm³/mol. The minimum absolute atomic E-state index is 0.245. The number of hydrogen-bond donors (Lipinski definition) is 1. The molecule has 0 aliphatic heterocycles. The van der Waals surface area contributed by atoms with Gasteiger partial charge in [-0.25, -0.2) is 9.48 Å². The summed E-state index contributed by atoms with van der Waals surface area (Å²) in [5, 5.41) is 12.0. The molecule has 2 aromatic heterocycles. The van der Waals surface area contributed by atoms with Crippen molar-refractivity contribution in [1.82, 2.24) is 19.6 Å². The maximum Gasteiger partial charge on any atom is 0.338 e. The van der Waals surface area contributed by atoms with E-state index in [1.54, 1.807) is 49.0 Å². The minimum atomic E-state index is -0.426. The molecule has 0 aliphatic carbocycles. The van der Waals surface area contributed by atoms with E-state index < -0.39 is 17.4 Å². The summed E-state index contributed by atoms with van der Waals surface area (Å²) in [5.41, 5.74) is 1.15. The van der Waals surface area contributed by atoms with Crippen molar-refractivity contribution in [1.29, 1.82) is 0 Å². The van der Waals surface area contributed by atoms with Gasteiger partial charge in [-0.05, 0) is 58.9 Å². The summed E-state index contributed by atoms with van der Waals surface area (Å²) in [6.45, 7) is 9.40. The maximum atomic E-state index is 13.0. The molecular weight excluding hydrogens is 386 g/mol. The van der Waals surface area contributed by atoms with Crippen LogP contribution in [0.25, 0.3) is 10.9 Å². The van der Waals surface area contributed by atoms with E-state index in [9.17, 15) is 14.4 Å². The fourth-order valence-electron chi connectivity index (χ4n) is 3.08. The highest BCUT2D eigenvalue weighted by molar-refractivity contribution is 5.93. The Labute approximate surface area is 173 Å². The molecule has 2 heterocycles. The molecule has 0 bridgehead atoms. The van der Waals surface area contributed by atoms with Crippen molar-refractivity contribution in [2.45, 2.75) is 46.7 Å². The van der Waals surface area contributed by atoms with Crippen LogP contribution in [-0.2, 0) is 21.6 Å². The molecule has 30 heavy (non-hydrogen) atoms. The Morgan fingerprint density at radius 1 is 1.17 bits per heavy atom. The molecule has 0 aliphatic rings. The highest BCUT2D eigenvalue weighted by atomic mass is 16.5. The SMILES string of the molecule is CCOC(=O)c1ccc(NC(=O)Cn2nc(C)c3cnn(C(C)(C)C)c3c2=O)cc1. The van der Waals surface area contributed by atoms with Gasteiger partial charge in [-0.1, -0.05) is 0 Å². The van der Waals surface area contributed by atoms with Crippen molar-refractivity contribution in [3.63, 3.8) is 0 Å². The second-order valence-corrected chi connectivity index (χ2v) is 7.88. The van der Waals surface area contributed by atoms with E-state index in [4.69, 9.17) is 4.74 Å². The smallest absolute Gasteiger partial charge is 0.338 e. The summed E-state index contributed by atoms with van der Waals surface area (Å²) >= 11 is 0. The summed E-state index contributed by atoms with van der Waals surface area (Å²) in [7, 11) is 0. The van der Waals surface area contributed by atoms with Gasteiger partial charge in [0.2, 0.25) is 5.91 Å². The lowest BCUT2D eigenvalue weighted by molar-refractivity contribution is -0.117. The molecule has 1 amide bonds. The van der Waals surface area contributed by atoms with Gasteiger partial charge in [-0.2, -0.15) is 10.2 Å². The van der Waals surface area contributed by atoms with Crippen LogP contribution < -0.4 is 10.9 Å². The molecular formula is C21H25N5O4. The Kier molecular flexibility index (Phi) is 5.73. The van der Waals surface area contributed by atoms with Gasteiger partial charge < -0.3 is 10.1 Å². The van der Waals surface area contributed by atoms with Gasteiger partial charge in [0, 0.05) is 11.1 Å². The van der Waals surface area contributed by atoms with Gasteiger partial charge in [0.05, 0.1) is 29.6 Å². The van der Waals surface area contributed by atoms with Gasteiger partial charge in [0.15, 0.2) is 0 Å². The number of amides is 1. The number of benzene rings is 1. The predicted octanol–water partition coefficient (Wildman–Crippen LogP) is 2.47. The highest BCUT2D eigenvalue weighted by Crippen LogP contribution is 2.20. The van der Waals surface area contributed by atoms with Crippen molar-refractivity contribution in [2.24, 2.45) is 0 Å². The van der Waals surface area contributed by atoms with Crippen molar-refractivity contribution >= 4 is 28.5 Å². The second kappa shape index (κ2) is 8.10. The van der Waals surface area contributed by atoms with E-state index in [1.165, 1.54) is 0 Å². The molecule has 0 fully saturated rings. The number of nitrogens with zero attached hydrogens (tertiary/aromatic N) is 4. The molecule has 0 unspecified atom stereocenters. The van der Waals surface area contributed by atoms with E-state index in [0.717, 1.165) is 4.68 Å². The van der Waals surface area contributed by atoms with Gasteiger partial charge in [-0.3, -0.25) is 14.3 Å². The fourth-order valence-corrected chi connectivity index (χ4v) is 3.08. The summed E-state index contributed by atoms with van der Waals surface area (Å²) in [4.78, 5) is 37.2. The number of ether oxygens (including phenoxy) is 1. The fraction of sp³-hybridized carbons (Fsp3) is 0.381. The third-order valence-electron chi connectivity index (χ3n) is 4.48. The highest BCUT2D eigenvalue weighted by Gasteiger charge is 2.22. The van der Waals surface area contributed by atoms with E-state index in [1.807, 2.05) is 20.8 Å². The topological polar surface area (TPSA) is 108 Å². The molecule has 9 nitrogen and oxygen atoms in total. The zero-order valence-electron chi connectivity index (χ0n) is 17.7. The lowest BCUT2D eigenvalue weighted by Gasteiger charge is -2.20. The summed E-state index contributed by atoms with van der Waals surface area (Å²) in [6.07, 6.45) is 1.62. The third kappa shape index (κ3) is 4.24. The van der Waals surface area contributed by atoms with Crippen LogP contribution in [0.3, 0.4) is 0 Å². The largest absolute Gasteiger partial charge is 0.462 e. The summed E-state index contributed by atoms with van der Waals surface area (Å²) in [6, 6.07) is 6.33. The average molecular weight is 411 g/mol. The van der Waals surface area contributed by atoms with Crippen molar-refractivity contribution in [3.05, 3.63) is 52.1 Å². The number of aromatic nitrogens is 4. The normalized spacial score (nSPS) is 11.5. The van der Waals surface area contributed by atoms with E-state index >= 15 is 0 Å². The first-order valence-corrected chi connectivity index (χ1v) is 9.64. The van der Waals surface area contributed by atoms with Crippen LogP contribution in [0.1, 0.15) is 43.7 Å². The molecule has 0 saturated carbocycles. The van der Waals surface area contributed by atoms with Crippen LogP contribution in [0.5, 0.6) is 0 Å². The zero-order chi connectivity index (χ0) is 22.1. The molecule has 3 aromatic rings. The Balaban J connectivity index is 1.82. The first-order chi connectivity index (χ1) is 14.1. The first-order valence-electron chi connectivity index (χ1n) is 9.64. The van der Waals surface area contributed by atoms with Crippen molar-refractivity contribution in [2.75, 3.05) is 11.9 Å². The van der Waals surface area contributed by atoms with Crippen molar-refractivity contribution in [3.8, 4) is 0 Å². The molecule has 0 atom stereocenters. The number of carbonyl (C=O) groups excluding carboxylic acids is 2. The van der Waals surface area contributed by atoms with Gasteiger partial charge in [0.25, 0.3) is 5.56 Å². The van der Waals surface area contributed by atoms with E-state index in [2.05, 4.69) is 15.5 Å². The number of esters is 1. The number of nitrogens with one attached hydrogen (secondary N) is 1. The molecule has 0 spiro atoms. The van der Waals surface area contributed by atoms with Crippen LogP contribution in [0.15, 0.2) is 35.3 Å². The lowest BCUT2D eigenvalue weighted by atomic mass is 10.1. The lowest BCUT2D eigenvalue weighted by Crippen LogP contribution is -2.33. The first kappa shape index (κ1) is 21.2. The van der Waals surface area contributed by atoms with Gasteiger partial charge >= 0.3 is 5.97 Å². The summed E-state index contributed by atoms with van der Waals surface area (Å²) < 4.78 is 7.73. The quantitative estimate of drug-likeness (QED) is 0.646. The number of rotatable bonds is 5. The molecule has 158 valence electrons. The average Bonchev–Trinajstić information content (AvgIpc) is 3.13. The standard InChI is InChI=1S/C21H25N5O4/c1-6-30-20(29)14-7-9-15(10-8-14)23-17(27)12-25-19(28)18-16(13(2)24-25)11-22-26(18)21(3,4)5/h7-11H,6,12H2,1-5H3,(H,23,27). The third-order valence-corrected chi connectivity index (χ3v) is 4.48. The molecule has 1 N–H and O–H groups in total. The Morgan fingerprint density at radius 2 is 1.83 bits per heavy atom. The monoisotopic (exact) mass is 411 g/mol. The zero-order valence-corrected chi connectivity index (χ0v) is 17.7. The maximum absolute atomic E-state index is 13.0. The summed E-state index contributed by atoms with van der Waals surface area (Å²) in [5.74, 6) is -0.834. The van der Waals surface area contributed by atoms with Crippen LogP contribution in [0.4, 0.5) is 5.69 Å². The van der Waals surface area contributed by atoms with Crippen LogP contribution in [-0.4, -0.2) is 38.0 Å². The number of hydrogen-bond acceptors (Lipinski definition) is 6. The number of anilines is 1. The Morgan fingerprint density at radius 3 is 2.43 bits per heavy atom. The van der Waals surface area contributed by atoms with E-state index in [0.29, 0.717) is 27.8 Å². The molecule has 3 rings (SSSR count). The number of aryl methyl sites for hydroxylation is 1. The van der Waals surface area contributed by atoms with Crippen LogP contribution in [0.2, 0.25) is 0 Å². The van der Waals surface area contributed by atoms with Gasteiger partial charge in [-0.15, -0.1) is 0 Å². The van der Waals surface area contributed by atoms with Crippen LogP contribution >= 0.6 is 0 Å². The number of fused-ring (bicyclic) bond motifs is 1. The second-order valence-electron chi connectivity index (χ2n) is 7.88. The van der Waals surface area contributed by atoms with E-state index in [-0.39, 0.29) is 18.7 Å². The molecule has 1 aromatic carbocycles. The Bertz CT molecular complexity index is 1150. The minimum Gasteiger partial charge on any atom is -0.462 e. The van der Waals surface area contributed by atoms with Crippen molar-refractivity contribution < 1.29 is 14.3 Å². The Hall–Kier alpha value is -3.49. The molecule has 0 radical (unpaired) electrons. The molecule has 0 saturated heterocycles. The van der Waals surface area contributed by atoms with Gasteiger partial charge in [0.1, 0.15) is 12.1 Å². The van der Waals surface area contributed by atoms with Crippen LogP contribution in [0, 0.1) is 6.92 Å².